The third-order valence-corrected chi connectivity index (χ3v) is 4.72. The highest BCUT2D eigenvalue weighted by Crippen LogP contribution is 2.61. The summed E-state index contributed by atoms with van der Waals surface area (Å²) in [6.45, 7) is 5.68. The van der Waals surface area contributed by atoms with Crippen LogP contribution in [-0.2, 0) is 4.74 Å². The van der Waals surface area contributed by atoms with Crippen LogP contribution in [-0.4, -0.2) is 23.5 Å². The number of thiol groups is 1. The third kappa shape index (κ3) is 3.34. The van der Waals surface area contributed by atoms with E-state index in [1.54, 1.807) is 0 Å². The Kier molecular flexibility index (Phi) is 3.86. The van der Waals surface area contributed by atoms with E-state index in [4.69, 9.17) is 4.74 Å². The highest BCUT2D eigenvalue weighted by Gasteiger charge is 2.53. The van der Waals surface area contributed by atoms with E-state index >= 15 is 0 Å². The molecule has 1 amide bonds. The number of carbonyl (C=O) groups excluding carboxylic acids is 1. The smallest absolute Gasteiger partial charge is 0.407 e. The summed E-state index contributed by atoms with van der Waals surface area (Å²) in [5, 5.41) is 2.99. The third-order valence-electron chi connectivity index (χ3n) is 4.28. The molecule has 3 nitrogen and oxygen atoms in total. The quantitative estimate of drug-likeness (QED) is 0.756. The molecule has 2 saturated carbocycles. The molecular weight excluding hydrogens is 246 g/mol. The molecular formula is C14H25NO2S. The first-order valence-corrected chi connectivity index (χ1v) is 7.58. The van der Waals surface area contributed by atoms with Gasteiger partial charge in [0.15, 0.2) is 0 Å². The molecule has 2 aliphatic carbocycles. The highest BCUT2D eigenvalue weighted by atomic mass is 32.1. The second kappa shape index (κ2) is 4.95. The van der Waals surface area contributed by atoms with Crippen LogP contribution < -0.4 is 5.32 Å². The minimum Gasteiger partial charge on any atom is -0.444 e. The SMILES string of the molecule is CC(C)(C)OC(=O)NC1CCC2(CC1)CC2CS. The van der Waals surface area contributed by atoms with Gasteiger partial charge in [0.05, 0.1) is 0 Å². The molecule has 0 aliphatic heterocycles. The van der Waals surface area contributed by atoms with Crippen molar-refractivity contribution in [3.05, 3.63) is 0 Å². The fourth-order valence-electron chi connectivity index (χ4n) is 3.11. The van der Waals surface area contributed by atoms with E-state index in [9.17, 15) is 4.79 Å². The summed E-state index contributed by atoms with van der Waals surface area (Å²) in [7, 11) is 0. The summed E-state index contributed by atoms with van der Waals surface area (Å²) in [6, 6.07) is 0.298. The lowest BCUT2D eigenvalue weighted by atomic mass is 9.82. The van der Waals surface area contributed by atoms with Crippen molar-refractivity contribution in [3.63, 3.8) is 0 Å². The molecule has 18 heavy (non-hydrogen) atoms. The molecule has 104 valence electrons. The summed E-state index contributed by atoms with van der Waals surface area (Å²) in [4.78, 5) is 11.7. The van der Waals surface area contributed by atoms with Crippen LogP contribution in [0.4, 0.5) is 4.79 Å². The average Bonchev–Trinajstić information content (AvgIpc) is 2.93. The summed E-state index contributed by atoms with van der Waals surface area (Å²) in [6.07, 6.45) is 5.71. The standard InChI is InChI=1S/C14H25NO2S/c1-13(2,3)17-12(16)15-11-4-6-14(7-5-11)8-10(14)9-18/h10-11,18H,4-9H2,1-3H3,(H,15,16). The van der Waals surface area contributed by atoms with Crippen LogP contribution in [0.2, 0.25) is 0 Å². The zero-order valence-corrected chi connectivity index (χ0v) is 12.6. The predicted molar refractivity (Wildman–Crippen MR) is 76.0 cm³/mol. The molecule has 1 N–H and O–H groups in total. The minimum atomic E-state index is -0.409. The molecule has 0 heterocycles. The van der Waals surface area contributed by atoms with Gasteiger partial charge in [-0.3, -0.25) is 0 Å². The maximum Gasteiger partial charge on any atom is 0.407 e. The Labute approximate surface area is 115 Å². The molecule has 4 heteroatoms. The van der Waals surface area contributed by atoms with Crippen LogP contribution in [0, 0.1) is 11.3 Å². The Hall–Kier alpha value is -0.380. The van der Waals surface area contributed by atoms with Crippen LogP contribution in [0.1, 0.15) is 52.9 Å². The topological polar surface area (TPSA) is 38.3 Å². The van der Waals surface area contributed by atoms with Gasteiger partial charge in [-0.2, -0.15) is 12.6 Å². The Morgan fingerprint density at radius 2 is 2.00 bits per heavy atom. The van der Waals surface area contributed by atoms with Gasteiger partial charge >= 0.3 is 6.09 Å². The van der Waals surface area contributed by atoms with Crippen LogP contribution >= 0.6 is 12.6 Å². The van der Waals surface area contributed by atoms with E-state index in [1.807, 2.05) is 20.8 Å². The fraction of sp³-hybridized carbons (Fsp3) is 0.929. The van der Waals surface area contributed by atoms with Gasteiger partial charge in [0.25, 0.3) is 0 Å². The average molecular weight is 271 g/mol. The Morgan fingerprint density at radius 1 is 1.39 bits per heavy atom. The van der Waals surface area contributed by atoms with E-state index in [1.165, 1.54) is 19.3 Å². The number of rotatable bonds is 2. The molecule has 2 rings (SSSR count). The van der Waals surface area contributed by atoms with Crippen LogP contribution in [0.25, 0.3) is 0 Å². The summed E-state index contributed by atoms with van der Waals surface area (Å²) in [5.74, 6) is 1.84. The maximum atomic E-state index is 11.7. The number of hydrogen-bond donors (Lipinski definition) is 2. The summed E-state index contributed by atoms with van der Waals surface area (Å²) < 4.78 is 5.29. The van der Waals surface area contributed by atoms with Gasteiger partial charge in [-0.1, -0.05) is 0 Å². The minimum absolute atomic E-state index is 0.273. The van der Waals surface area contributed by atoms with Crippen molar-refractivity contribution < 1.29 is 9.53 Å². The first kappa shape index (κ1) is 14.0. The lowest BCUT2D eigenvalue weighted by Crippen LogP contribution is -2.41. The van der Waals surface area contributed by atoms with Crippen molar-refractivity contribution in [3.8, 4) is 0 Å². The van der Waals surface area contributed by atoms with Crippen molar-refractivity contribution in [2.24, 2.45) is 11.3 Å². The zero-order chi connectivity index (χ0) is 13.4. The van der Waals surface area contributed by atoms with Gasteiger partial charge in [-0.05, 0) is 70.0 Å². The number of ether oxygens (including phenoxy) is 1. The van der Waals surface area contributed by atoms with E-state index in [0.29, 0.717) is 11.5 Å². The lowest BCUT2D eigenvalue weighted by molar-refractivity contribution is 0.0484. The number of carbonyl (C=O) groups is 1. The molecule has 0 saturated heterocycles. The molecule has 2 aliphatic rings. The largest absolute Gasteiger partial charge is 0.444 e. The summed E-state index contributed by atoms with van der Waals surface area (Å²) in [5.41, 5.74) is 0.168. The second-order valence-electron chi connectivity index (χ2n) is 6.87. The van der Waals surface area contributed by atoms with Crippen molar-refractivity contribution in [2.75, 3.05) is 5.75 Å². The first-order valence-electron chi connectivity index (χ1n) is 6.95. The second-order valence-corrected chi connectivity index (χ2v) is 7.23. The van der Waals surface area contributed by atoms with Crippen LogP contribution in [0.5, 0.6) is 0 Å². The molecule has 0 radical (unpaired) electrons. The Morgan fingerprint density at radius 3 is 2.44 bits per heavy atom. The highest BCUT2D eigenvalue weighted by molar-refractivity contribution is 7.80. The first-order chi connectivity index (χ1) is 8.35. The molecule has 0 aromatic carbocycles. The van der Waals surface area contributed by atoms with Gasteiger partial charge < -0.3 is 10.1 Å². The fourth-order valence-corrected chi connectivity index (χ4v) is 3.63. The maximum absolute atomic E-state index is 11.7. The van der Waals surface area contributed by atoms with Crippen LogP contribution in [0.15, 0.2) is 0 Å². The van der Waals surface area contributed by atoms with E-state index < -0.39 is 5.60 Å². The normalized spacial score (nSPS) is 35.3. The van der Waals surface area contributed by atoms with Crippen molar-refractivity contribution >= 4 is 18.7 Å². The van der Waals surface area contributed by atoms with E-state index in [-0.39, 0.29) is 6.09 Å². The zero-order valence-electron chi connectivity index (χ0n) is 11.7. The summed E-state index contributed by atoms with van der Waals surface area (Å²) >= 11 is 4.40. The number of nitrogens with one attached hydrogen (secondary N) is 1. The molecule has 1 unspecified atom stereocenters. The molecule has 0 bridgehead atoms. The number of alkyl carbamates (subject to hydrolysis) is 1. The molecule has 0 aromatic heterocycles. The van der Waals surface area contributed by atoms with Gasteiger partial charge in [-0.25, -0.2) is 4.79 Å². The van der Waals surface area contributed by atoms with Gasteiger partial charge in [0.1, 0.15) is 5.60 Å². The monoisotopic (exact) mass is 271 g/mol. The predicted octanol–water partition coefficient (Wildman–Crippen LogP) is 3.39. The van der Waals surface area contributed by atoms with E-state index in [0.717, 1.165) is 24.5 Å². The van der Waals surface area contributed by atoms with Crippen molar-refractivity contribution in [1.82, 2.24) is 5.32 Å². The number of hydrogen-bond acceptors (Lipinski definition) is 3. The van der Waals surface area contributed by atoms with Gasteiger partial charge in [0.2, 0.25) is 0 Å². The van der Waals surface area contributed by atoms with Gasteiger partial charge in [0, 0.05) is 6.04 Å². The molecule has 1 spiro atoms. The Bertz CT molecular complexity index is 316. The van der Waals surface area contributed by atoms with E-state index in [2.05, 4.69) is 17.9 Å². The Balaban J connectivity index is 1.73. The lowest BCUT2D eigenvalue weighted by Gasteiger charge is -2.30. The molecule has 1 atom stereocenters. The van der Waals surface area contributed by atoms with Crippen LogP contribution in [0.3, 0.4) is 0 Å². The molecule has 2 fully saturated rings. The van der Waals surface area contributed by atoms with Gasteiger partial charge in [-0.15, -0.1) is 0 Å². The number of amides is 1. The molecule has 0 aromatic rings. The van der Waals surface area contributed by atoms with Crippen molar-refractivity contribution in [1.29, 1.82) is 0 Å². The van der Waals surface area contributed by atoms with Crippen molar-refractivity contribution in [2.45, 2.75) is 64.5 Å².